The van der Waals surface area contributed by atoms with Gasteiger partial charge >= 0.3 is 0 Å². The zero-order chi connectivity index (χ0) is 19.6. The van der Waals surface area contributed by atoms with E-state index in [4.69, 9.17) is 11.6 Å². The predicted molar refractivity (Wildman–Crippen MR) is 103 cm³/mol. The van der Waals surface area contributed by atoms with E-state index in [0.717, 1.165) is 12.8 Å². The number of halogens is 1. The van der Waals surface area contributed by atoms with Crippen molar-refractivity contribution in [3.8, 4) is 0 Å². The molecule has 1 aromatic rings. The van der Waals surface area contributed by atoms with Gasteiger partial charge in [-0.1, -0.05) is 11.6 Å². The second-order valence-corrected chi connectivity index (χ2v) is 8.06. The summed E-state index contributed by atoms with van der Waals surface area (Å²) in [6.45, 7) is 5.68. The second-order valence-electron chi connectivity index (χ2n) is 7.62. The fourth-order valence-electron chi connectivity index (χ4n) is 3.77. The van der Waals surface area contributed by atoms with Crippen LogP contribution in [0, 0.1) is 5.92 Å². The number of hydrogen-bond acceptors (Lipinski definition) is 3. The van der Waals surface area contributed by atoms with E-state index in [0.29, 0.717) is 36.6 Å². The Morgan fingerprint density at radius 3 is 2.33 bits per heavy atom. The lowest BCUT2D eigenvalue weighted by Gasteiger charge is -2.34. The summed E-state index contributed by atoms with van der Waals surface area (Å²) in [6.07, 6.45) is 1.75. The number of hydrogen-bond donors (Lipinski definition) is 1. The Kier molecular flexibility index (Phi) is 6.05. The van der Waals surface area contributed by atoms with Crippen LogP contribution in [0.3, 0.4) is 0 Å². The molecule has 0 spiro atoms. The van der Waals surface area contributed by atoms with E-state index in [2.05, 4.69) is 5.32 Å². The molecule has 1 aromatic carbocycles. The molecule has 2 aliphatic rings. The Morgan fingerprint density at radius 1 is 1.15 bits per heavy atom. The van der Waals surface area contributed by atoms with Crippen LogP contribution in [0.15, 0.2) is 24.3 Å². The summed E-state index contributed by atoms with van der Waals surface area (Å²) in [5.74, 6) is -0.229. The quantitative estimate of drug-likeness (QED) is 0.856. The number of carbonyl (C=O) groups is 3. The van der Waals surface area contributed by atoms with E-state index in [-0.39, 0.29) is 35.7 Å². The molecule has 0 radical (unpaired) electrons. The van der Waals surface area contributed by atoms with Crippen LogP contribution in [0.4, 0.5) is 0 Å². The van der Waals surface area contributed by atoms with Gasteiger partial charge in [0.05, 0.1) is 5.92 Å². The van der Waals surface area contributed by atoms with Gasteiger partial charge < -0.3 is 15.1 Å². The number of piperidine rings is 1. The van der Waals surface area contributed by atoms with Crippen molar-refractivity contribution >= 4 is 29.3 Å². The highest BCUT2D eigenvalue weighted by Gasteiger charge is 2.38. The summed E-state index contributed by atoms with van der Waals surface area (Å²) < 4.78 is 0. The van der Waals surface area contributed by atoms with Crippen LogP contribution in [-0.2, 0) is 9.59 Å². The predicted octanol–water partition coefficient (Wildman–Crippen LogP) is 2.32. The molecule has 0 aromatic heterocycles. The molecule has 2 fully saturated rings. The summed E-state index contributed by atoms with van der Waals surface area (Å²) in [4.78, 5) is 40.7. The first-order valence-corrected chi connectivity index (χ1v) is 9.87. The fraction of sp³-hybridized carbons (Fsp3) is 0.550. The Balaban J connectivity index is 1.49. The molecule has 27 heavy (non-hydrogen) atoms. The van der Waals surface area contributed by atoms with E-state index in [1.54, 1.807) is 29.2 Å². The smallest absolute Gasteiger partial charge is 0.251 e. The van der Waals surface area contributed by atoms with E-state index in [1.165, 1.54) is 0 Å². The largest absolute Gasteiger partial charge is 0.349 e. The van der Waals surface area contributed by atoms with Crippen LogP contribution in [0.2, 0.25) is 5.02 Å². The summed E-state index contributed by atoms with van der Waals surface area (Å²) in [5.41, 5.74) is 0.580. The van der Waals surface area contributed by atoms with Crippen molar-refractivity contribution in [2.24, 2.45) is 5.92 Å². The van der Waals surface area contributed by atoms with Crippen LogP contribution in [0.25, 0.3) is 0 Å². The minimum Gasteiger partial charge on any atom is -0.349 e. The molecule has 1 atom stereocenters. The van der Waals surface area contributed by atoms with Gasteiger partial charge in [0.2, 0.25) is 11.8 Å². The molecule has 3 rings (SSSR count). The molecule has 2 heterocycles. The standard InChI is InChI=1S/C20H26ClN3O3/c1-13(2)24-12-15(11-18(24)25)20(27)23-9-7-17(8-10-23)22-19(26)14-3-5-16(21)6-4-14/h3-6,13,15,17H,7-12H2,1-2H3,(H,22,26). The van der Waals surface area contributed by atoms with Crippen molar-refractivity contribution in [2.75, 3.05) is 19.6 Å². The molecule has 0 saturated carbocycles. The highest BCUT2D eigenvalue weighted by atomic mass is 35.5. The molecule has 2 aliphatic heterocycles. The number of amides is 3. The van der Waals surface area contributed by atoms with E-state index >= 15 is 0 Å². The average Bonchev–Trinajstić information content (AvgIpc) is 3.04. The third-order valence-electron chi connectivity index (χ3n) is 5.38. The molecule has 0 aliphatic carbocycles. The number of nitrogens with one attached hydrogen (secondary N) is 1. The number of likely N-dealkylation sites (tertiary alicyclic amines) is 2. The Morgan fingerprint density at radius 2 is 1.78 bits per heavy atom. The first-order valence-electron chi connectivity index (χ1n) is 9.50. The SMILES string of the molecule is CC(C)N1CC(C(=O)N2CCC(NC(=O)c3ccc(Cl)cc3)CC2)CC1=O. The summed E-state index contributed by atoms with van der Waals surface area (Å²) >= 11 is 5.85. The number of rotatable bonds is 4. The van der Waals surface area contributed by atoms with Crippen molar-refractivity contribution in [1.29, 1.82) is 0 Å². The van der Waals surface area contributed by atoms with Gasteiger partial charge in [-0.3, -0.25) is 14.4 Å². The van der Waals surface area contributed by atoms with Crippen LogP contribution >= 0.6 is 11.6 Å². The van der Waals surface area contributed by atoms with Gasteiger partial charge in [-0.2, -0.15) is 0 Å². The number of nitrogens with zero attached hydrogens (tertiary/aromatic N) is 2. The summed E-state index contributed by atoms with van der Waals surface area (Å²) in [5, 5.41) is 3.63. The Bertz CT molecular complexity index is 712. The van der Waals surface area contributed by atoms with Crippen molar-refractivity contribution in [3.05, 3.63) is 34.9 Å². The zero-order valence-electron chi connectivity index (χ0n) is 15.8. The molecular weight excluding hydrogens is 366 g/mol. The van der Waals surface area contributed by atoms with Crippen LogP contribution < -0.4 is 5.32 Å². The monoisotopic (exact) mass is 391 g/mol. The molecule has 2 saturated heterocycles. The maximum absolute atomic E-state index is 12.7. The maximum atomic E-state index is 12.7. The lowest BCUT2D eigenvalue weighted by molar-refractivity contribution is -0.136. The van der Waals surface area contributed by atoms with Gasteiger partial charge in [0.25, 0.3) is 5.91 Å². The third-order valence-corrected chi connectivity index (χ3v) is 5.63. The number of carbonyl (C=O) groups excluding carboxylic acids is 3. The molecule has 6 nitrogen and oxygen atoms in total. The topological polar surface area (TPSA) is 69.7 Å². The third kappa shape index (κ3) is 4.61. The highest BCUT2D eigenvalue weighted by molar-refractivity contribution is 6.30. The van der Waals surface area contributed by atoms with Gasteiger partial charge in [0, 0.05) is 48.7 Å². The van der Waals surface area contributed by atoms with Crippen molar-refractivity contribution in [1.82, 2.24) is 15.1 Å². The van der Waals surface area contributed by atoms with Gasteiger partial charge in [-0.25, -0.2) is 0 Å². The molecule has 0 bridgehead atoms. The van der Waals surface area contributed by atoms with Gasteiger partial charge in [0.1, 0.15) is 0 Å². The van der Waals surface area contributed by atoms with E-state index < -0.39 is 0 Å². The summed E-state index contributed by atoms with van der Waals surface area (Å²) in [7, 11) is 0. The van der Waals surface area contributed by atoms with Crippen LogP contribution in [0.1, 0.15) is 43.5 Å². The van der Waals surface area contributed by atoms with E-state index in [1.807, 2.05) is 18.7 Å². The zero-order valence-corrected chi connectivity index (χ0v) is 16.5. The molecule has 146 valence electrons. The Labute approximate surface area is 164 Å². The Hall–Kier alpha value is -2.08. The van der Waals surface area contributed by atoms with Crippen LogP contribution in [0.5, 0.6) is 0 Å². The number of benzene rings is 1. The van der Waals surface area contributed by atoms with Crippen molar-refractivity contribution in [3.63, 3.8) is 0 Å². The van der Waals surface area contributed by atoms with Gasteiger partial charge in [0.15, 0.2) is 0 Å². The average molecular weight is 392 g/mol. The molecular formula is C20H26ClN3O3. The molecule has 7 heteroatoms. The highest BCUT2D eigenvalue weighted by Crippen LogP contribution is 2.24. The fourth-order valence-corrected chi connectivity index (χ4v) is 3.89. The first-order chi connectivity index (χ1) is 12.8. The van der Waals surface area contributed by atoms with Gasteiger partial charge in [-0.15, -0.1) is 0 Å². The second kappa shape index (κ2) is 8.30. The van der Waals surface area contributed by atoms with E-state index in [9.17, 15) is 14.4 Å². The molecule has 3 amide bonds. The minimum absolute atomic E-state index is 0.0506. The lowest BCUT2D eigenvalue weighted by Crippen LogP contribution is -2.48. The van der Waals surface area contributed by atoms with Crippen LogP contribution in [-0.4, -0.2) is 59.2 Å². The first kappa shape index (κ1) is 19.7. The van der Waals surface area contributed by atoms with Crippen molar-refractivity contribution < 1.29 is 14.4 Å². The normalized spacial score (nSPS) is 21.0. The maximum Gasteiger partial charge on any atom is 0.251 e. The minimum atomic E-state index is -0.236. The lowest BCUT2D eigenvalue weighted by atomic mass is 10.0. The van der Waals surface area contributed by atoms with Gasteiger partial charge in [-0.05, 0) is 51.0 Å². The van der Waals surface area contributed by atoms with Crippen molar-refractivity contribution in [2.45, 2.75) is 45.2 Å². The molecule has 1 unspecified atom stereocenters. The summed E-state index contributed by atoms with van der Waals surface area (Å²) in [6, 6.07) is 6.97. The molecule has 1 N–H and O–H groups in total.